The molecule has 2 rings (SSSR count). The van der Waals surface area contributed by atoms with Crippen molar-refractivity contribution in [2.75, 3.05) is 5.73 Å². The minimum atomic E-state index is -0.524. The second kappa shape index (κ2) is 4.75. The molecule has 0 fully saturated rings. The first-order valence-corrected chi connectivity index (χ1v) is 5.56. The van der Waals surface area contributed by atoms with Gasteiger partial charge < -0.3 is 5.73 Å². The molecule has 0 aliphatic rings. The highest BCUT2D eigenvalue weighted by Gasteiger charge is 2.22. The lowest BCUT2D eigenvalue weighted by Crippen LogP contribution is -2.30. The molecule has 0 saturated carbocycles. The highest BCUT2D eigenvalue weighted by atomic mass is 19.1. The summed E-state index contributed by atoms with van der Waals surface area (Å²) in [5.41, 5.74) is 11.1. The number of nitrogens with zero attached hydrogens (tertiary/aromatic N) is 1. The Morgan fingerprint density at radius 3 is 2.61 bits per heavy atom. The van der Waals surface area contributed by atoms with E-state index in [1.54, 1.807) is 6.20 Å². The zero-order valence-corrected chi connectivity index (χ0v) is 10.3. The number of aromatic nitrogens is 2. The Morgan fingerprint density at radius 2 is 2.11 bits per heavy atom. The molecule has 1 heterocycles. The van der Waals surface area contributed by atoms with E-state index in [9.17, 15) is 4.39 Å². The summed E-state index contributed by atoms with van der Waals surface area (Å²) in [6, 6.07) is 2.85. The van der Waals surface area contributed by atoms with E-state index >= 15 is 0 Å². The molecule has 0 saturated heterocycles. The normalized spacial score (nSPS) is 12.7. The van der Waals surface area contributed by atoms with Gasteiger partial charge >= 0.3 is 0 Å². The average molecular weight is 249 g/mol. The van der Waals surface area contributed by atoms with Gasteiger partial charge in [-0.15, -0.1) is 0 Å². The van der Waals surface area contributed by atoms with E-state index < -0.39 is 6.04 Å². The average Bonchev–Trinajstić information content (AvgIpc) is 2.69. The Labute approximate surface area is 104 Å². The van der Waals surface area contributed by atoms with Crippen LogP contribution in [0.5, 0.6) is 0 Å². The van der Waals surface area contributed by atoms with Crippen molar-refractivity contribution in [3.05, 3.63) is 46.4 Å². The van der Waals surface area contributed by atoms with Gasteiger partial charge in [-0.3, -0.25) is 10.9 Å². The Balaban J connectivity index is 2.56. The molecular formula is C12H16FN5. The van der Waals surface area contributed by atoms with Crippen molar-refractivity contribution in [1.82, 2.24) is 15.6 Å². The molecule has 1 aromatic heterocycles. The Bertz CT molecular complexity index is 540. The quantitative estimate of drug-likeness (QED) is 0.487. The van der Waals surface area contributed by atoms with Gasteiger partial charge in [0.25, 0.3) is 0 Å². The predicted molar refractivity (Wildman–Crippen MR) is 68.0 cm³/mol. The Kier molecular flexibility index (Phi) is 3.31. The SMILES string of the molecule is Cc1cc(C)c(C(NN)c2cn[nH]c2N)c(F)c1. The van der Waals surface area contributed by atoms with E-state index in [1.807, 2.05) is 19.9 Å². The van der Waals surface area contributed by atoms with Crippen molar-refractivity contribution in [2.45, 2.75) is 19.9 Å². The van der Waals surface area contributed by atoms with Crippen molar-refractivity contribution in [3.8, 4) is 0 Å². The van der Waals surface area contributed by atoms with Crippen LogP contribution >= 0.6 is 0 Å². The number of nitrogens with two attached hydrogens (primary N) is 2. The molecule has 0 aliphatic heterocycles. The smallest absolute Gasteiger partial charge is 0.128 e. The van der Waals surface area contributed by atoms with E-state index in [1.165, 1.54) is 6.07 Å². The van der Waals surface area contributed by atoms with Crippen molar-refractivity contribution in [2.24, 2.45) is 5.84 Å². The summed E-state index contributed by atoms with van der Waals surface area (Å²) in [4.78, 5) is 0. The number of anilines is 1. The lowest BCUT2D eigenvalue weighted by atomic mass is 9.95. The number of nitrogen functional groups attached to an aromatic ring is 1. The topological polar surface area (TPSA) is 92.7 Å². The molecule has 0 amide bonds. The molecule has 5 nitrogen and oxygen atoms in total. The van der Waals surface area contributed by atoms with E-state index in [-0.39, 0.29) is 5.82 Å². The number of hydrogen-bond acceptors (Lipinski definition) is 4. The minimum Gasteiger partial charge on any atom is -0.384 e. The van der Waals surface area contributed by atoms with Crippen LogP contribution in [0.4, 0.5) is 10.2 Å². The minimum absolute atomic E-state index is 0.309. The molecule has 1 unspecified atom stereocenters. The summed E-state index contributed by atoms with van der Waals surface area (Å²) in [7, 11) is 0. The van der Waals surface area contributed by atoms with Gasteiger partial charge in [-0.05, 0) is 31.0 Å². The maximum absolute atomic E-state index is 14.1. The van der Waals surface area contributed by atoms with E-state index in [0.717, 1.165) is 11.1 Å². The third-order valence-corrected chi connectivity index (χ3v) is 2.95. The fourth-order valence-electron chi connectivity index (χ4n) is 2.16. The number of nitrogens with one attached hydrogen (secondary N) is 2. The predicted octanol–water partition coefficient (Wildman–Crippen LogP) is 1.30. The van der Waals surface area contributed by atoms with Crippen molar-refractivity contribution in [1.29, 1.82) is 0 Å². The summed E-state index contributed by atoms with van der Waals surface area (Å²) in [6.07, 6.45) is 1.54. The van der Waals surface area contributed by atoms with E-state index in [0.29, 0.717) is 16.9 Å². The number of aryl methyl sites for hydroxylation is 2. The monoisotopic (exact) mass is 249 g/mol. The van der Waals surface area contributed by atoms with Crippen LogP contribution in [-0.4, -0.2) is 10.2 Å². The number of hydrazine groups is 1. The first kappa shape index (κ1) is 12.5. The van der Waals surface area contributed by atoms with Gasteiger partial charge in [-0.1, -0.05) is 6.07 Å². The third kappa shape index (κ3) is 2.07. The van der Waals surface area contributed by atoms with Gasteiger partial charge in [0, 0.05) is 11.1 Å². The van der Waals surface area contributed by atoms with Crippen LogP contribution in [0.15, 0.2) is 18.3 Å². The number of halogens is 1. The lowest BCUT2D eigenvalue weighted by Gasteiger charge is -2.19. The van der Waals surface area contributed by atoms with Crippen molar-refractivity contribution in [3.63, 3.8) is 0 Å². The maximum Gasteiger partial charge on any atom is 0.128 e. The largest absolute Gasteiger partial charge is 0.384 e. The van der Waals surface area contributed by atoms with Crippen molar-refractivity contribution < 1.29 is 4.39 Å². The standard InChI is InChI=1S/C12H16FN5/c1-6-3-7(2)10(9(13)4-6)11(17-15)8-5-16-18-12(8)14/h3-5,11,17H,15H2,1-2H3,(H3,14,16,18). The summed E-state index contributed by atoms with van der Waals surface area (Å²) in [5, 5.41) is 6.44. The summed E-state index contributed by atoms with van der Waals surface area (Å²) in [5.74, 6) is 5.59. The van der Waals surface area contributed by atoms with Gasteiger partial charge in [0.1, 0.15) is 11.6 Å². The van der Waals surface area contributed by atoms with Crippen LogP contribution in [0.3, 0.4) is 0 Å². The van der Waals surface area contributed by atoms with Crippen molar-refractivity contribution >= 4 is 5.82 Å². The highest BCUT2D eigenvalue weighted by molar-refractivity contribution is 5.47. The number of rotatable bonds is 3. The molecule has 0 bridgehead atoms. The molecule has 96 valence electrons. The molecule has 0 radical (unpaired) electrons. The van der Waals surface area contributed by atoms with Gasteiger partial charge in [0.2, 0.25) is 0 Å². The number of aromatic amines is 1. The molecule has 6 N–H and O–H groups in total. The second-order valence-corrected chi connectivity index (χ2v) is 4.32. The van der Waals surface area contributed by atoms with Crippen LogP contribution in [0.25, 0.3) is 0 Å². The van der Waals surface area contributed by atoms with Crippen LogP contribution < -0.4 is 17.0 Å². The third-order valence-electron chi connectivity index (χ3n) is 2.95. The molecule has 0 spiro atoms. The van der Waals surface area contributed by atoms with Gasteiger partial charge in [-0.2, -0.15) is 5.10 Å². The van der Waals surface area contributed by atoms with Gasteiger partial charge in [-0.25, -0.2) is 9.82 Å². The number of H-pyrrole nitrogens is 1. The highest BCUT2D eigenvalue weighted by Crippen LogP contribution is 2.29. The fourth-order valence-corrected chi connectivity index (χ4v) is 2.16. The maximum atomic E-state index is 14.1. The Morgan fingerprint density at radius 1 is 1.39 bits per heavy atom. The molecule has 18 heavy (non-hydrogen) atoms. The fraction of sp³-hybridized carbons (Fsp3) is 0.250. The molecule has 6 heteroatoms. The van der Waals surface area contributed by atoms with E-state index in [2.05, 4.69) is 15.6 Å². The van der Waals surface area contributed by atoms with Crippen LogP contribution in [0, 0.1) is 19.7 Å². The molecule has 1 atom stereocenters. The first-order chi connectivity index (χ1) is 8.54. The molecule has 1 aromatic carbocycles. The molecule has 2 aromatic rings. The van der Waals surface area contributed by atoms with Gasteiger partial charge in [0.05, 0.1) is 12.2 Å². The molecular weight excluding hydrogens is 233 g/mol. The first-order valence-electron chi connectivity index (χ1n) is 5.56. The number of hydrogen-bond donors (Lipinski definition) is 4. The summed E-state index contributed by atoms with van der Waals surface area (Å²) in [6.45, 7) is 3.68. The number of benzene rings is 1. The second-order valence-electron chi connectivity index (χ2n) is 4.32. The van der Waals surface area contributed by atoms with Crippen LogP contribution in [0.2, 0.25) is 0 Å². The van der Waals surface area contributed by atoms with E-state index in [4.69, 9.17) is 11.6 Å². The zero-order valence-electron chi connectivity index (χ0n) is 10.3. The summed E-state index contributed by atoms with van der Waals surface area (Å²) >= 11 is 0. The lowest BCUT2D eigenvalue weighted by molar-refractivity contribution is 0.557. The van der Waals surface area contributed by atoms with Crippen LogP contribution in [0.1, 0.15) is 28.3 Å². The van der Waals surface area contributed by atoms with Gasteiger partial charge in [0.15, 0.2) is 0 Å². The molecule has 0 aliphatic carbocycles. The zero-order chi connectivity index (χ0) is 13.3. The summed E-state index contributed by atoms with van der Waals surface area (Å²) < 4.78 is 14.1. The van der Waals surface area contributed by atoms with Crippen LogP contribution in [-0.2, 0) is 0 Å². The Hall–Kier alpha value is -1.92.